The van der Waals surface area contributed by atoms with Gasteiger partial charge in [-0.1, -0.05) is 12.2 Å². The number of carbonyl (C=O) groups excluding carboxylic acids is 1. The van der Waals surface area contributed by atoms with Crippen LogP contribution in [0.3, 0.4) is 0 Å². The number of guanidine groups is 1. The van der Waals surface area contributed by atoms with Crippen LogP contribution in [0.25, 0.3) is 0 Å². The van der Waals surface area contributed by atoms with Crippen molar-refractivity contribution in [3.05, 3.63) is 12.2 Å². The van der Waals surface area contributed by atoms with E-state index >= 15 is 0 Å². The van der Waals surface area contributed by atoms with Gasteiger partial charge in [-0.25, -0.2) is 9.79 Å². The number of carbonyl (C=O) groups is 1. The van der Waals surface area contributed by atoms with Gasteiger partial charge in [0, 0.05) is 13.1 Å². The molecule has 0 aliphatic heterocycles. The number of ether oxygens (including phenoxy) is 1. The molecule has 0 saturated heterocycles. The van der Waals surface area contributed by atoms with Crippen LogP contribution >= 0.6 is 24.0 Å². The second-order valence-corrected chi connectivity index (χ2v) is 5.01. The van der Waals surface area contributed by atoms with Crippen LogP contribution in [-0.4, -0.2) is 37.3 Å². The van der Waals surface area contributed by atoms with Gasteiger partial charge in [0.25, 0.3) is 0 Å². The zero-order valence-electron chi connectivity index (χ0n) is 12.1. The predicted octanol–water partition coefficient (Wildman–Crippen LogP) is 1.61. The Morgan fingerprint density at radius 2 is 1.84 bits per heavy atom. The van der Waals surface area contributed by atoms with Gasteiger partial charge in [-0.2, -0.15) is 0 Å². The Morgan fingerprint density at radius 1 is 1.32 bits per heavy atom. The smallest absolute Gasteiger partial charge is 0.407 e. The molecule has 0 spiro atoms. The first-order valence-corrected chi connectivity index (χ1v) is 5.86. The maximum atomic E-state index is 11.3. The van der Waals surface area contributed by atoms with Gasteiger partial charge in [0.1, 0.15) is 5.60 Å². The molecule has 0 unspecified atom stereocenters. The SMILES string of the molecule is C=C(C)CN=C(N)NCCNC(=O)OC(C)(C)C.I. The lowest BCUT2D eigenvalue weighted by Gasteiger charge is -2.19. The molecule has 0 radical (unpaired) electrons. The van der Waals surface area contributed by atoms with Gasteiger partial charge in [0.05, 0.1) is 6.54 Å². The van der Waals surface area contributed by atoms with Gasteiger partial charge in [-0.05, 0) is 27.7 Å². The van der Waals surface area contributed by atoms with Gasteiger partial charge in [0.15, 0.2) is 5.96 Å². The number of aliphatic imine (C=N–C) groups is 1. The normalized spacial score (nSPS) is 11.3. The summed E-state index contributed by atoms with van der Waals surface area (Å²) >= 11 is 0. The second-order valence-electron chi connectivity index (χ2n) is 5.01. The minimum absolute atomic E-state index is 0. The summed E-state index contributed by atoms with van der Waals surface area (Å²) in [5.41, 5.74) is 6.04. The number of halogens is 1. The number of rotatable bonds is 5. The monoisotopic (exact) mass is 384 g/mol. The molecule has 0 aromatic rings. The molecule has 112 valence electrons. The van der Waals surface area contributed by atoms with E-state index in [-0.39, 0.29) is 24.0 Å². The highest BCUT2D eigenvalue weighted by molar-refractivity contribution is 14.0. The molecular formula is C12H25IN4O2. The van der Waals surface area contributed by atoms with E-state index < -0.39 is 11.7 Å². The predicted molar refractivity (Wildman–Crippen MR) is 89.0 cm³/mol. The number of alkyl carbamates (subject to hydrolysis) is 1. The molecule has 19 heavy (non-hydrogen) atoms. The maximum Gasteiger partial charge on any atom is 0.407 e. The second kappa shape index (κ2) is 9.88. The number of hydrogen-bond donors (Lipinski definition) is 3. The Bertz CT molecular complexity index is 324. The fourth-order valence-electron chi connectivity index (χ4n) is 0.945. The fourth-order valence-corrected chi connectivity index (χ4v) is 0.945. The van der Waals surface area contributed by atoms with Crippen LogP contribution in [0.5, 0.6) is 0 Å². The van der Waals surface area contributed by atoms with Gasteiger partial charge in [-0.3, -0.25) is 0 Å². The van der Waals surface area contributed by atoms with Crippen LogP contribution in [0.1, 0.15) is 27.7 Å². The van der Waals surface area contributed by atoms with E-state index in [4.69, 9.17) is 10.5 Å². The van der Waals surface area contributed by atoms with Crippen molar-refractivity contribution in [1.29, 1.82) is 0 Å². The zero-order chi connectivity index (χ0) is 14.2. The van der Waals surface area contributed by atoms with Crippen LogP contribution in [0, 0.1) is 0 Å². The maximum absolute atomic E-state index is 11.3. The summed E-state index contributed by atoms with van der Waals surface area (Å²) in [5.74, 6) is 0.337. The molecular weight excluding hydrogens is 359 g/mol. The van der Waals surface area contributed by atoms with Crippen molar-refractivity contribution in [3.63, 3.8) is 0 Å². The largest absolute Gasteiger partial charge is 0.444 e. The van der Waals surface area contributed by atoms with Crippen LogP contribution in [0.15, 0.2) is 17.1 Å². The highest BCUT2D eigenvalue weighted by atomic mass is 127. The van der Waals surface area contributed by atoms with Crippen LogP contribution < -0.4 is 16.4 Å². The lowest BCUT2D eigenvalue weighted by Crippen LogP contribution is -2.40. The summed E-state index contributed by atoms with van der Waals surface area (Å²) in [5, 5.41) is 5.48. The topological polar surface area (TPSA) is 88.7 Å². The van der Waals surface area contributed by atoms with Crippen molar-refractivity contribution in [2.24, 2.45) is 10.7 Å². The first-order chi connectivity index (χ1) is 8.20. The van der Waals surface area contributed by atoms with Crippen molar-refractivity contribution in [2.45, 2.75) is 33.3 Å². The Kier molecular flexibility index (Phi) is 10.6. The van der Waals surface area contributed by atoms with Crippen molar-refractivity contribution in [2.75, 3.05) is 19.6 Å². The Labute approximate surface area is 132 Å². The van der Waals surface area contributed by atoms with Crippen molar-refractivity contribution < 1.29 is 9.53 Å². The quantitative estimate of drug-likeness (QED) is 0.221. The molecule has 0 fully saturated rings. The molecule has 0 saturated carbocycles. The van der Waals surface area contributed by atoms with Crippen molar-refractivity contribution >= 4 is 36.0 Å². The van der Waals surface area contributed by atoms with Gasteiger partial charge >= 0.3 is 6.09 Å². The van der Waals surface area contributed by atoms with E-state index in [2.05, 4.69) is 22.2 Å². The van der Waals surface area contributed by atoms with Crippen LogP contribution in [0.4, 0.5) is 4.79 Å². The third kappa shape index (κ3) is 15.0. The number of nitrogens with zero attached hydrogens (tertiary/aromatic N) is 1. The first-order valence-electron chi connectivity index (χ1n) is 5.86. The summed E-state index contributed by atoms with van der Waals surface area (Å²) in [4.78, 5) is 15.3. The Hall–Kier alpha value is -0.990. The van der Waals surface area contributed by atoms with Crippen LogP contribution in [-0.2, 0) is 4.74 Å². The van der Waals surface area contributed by atoms with E-state index in [9.17, 15) is 4.79 Å². The number of hydrogen-bond acceptors (Lipinski definition) is 3. The van der Waals surface area contributed by atoms with E-state index in [1.54, 1.807) is 0 Å². The molecule has 0 rings (SSSR count). The molecule has 1 amide bonds. The molecule has 0 bridgehead atoms. The molecule has 0 atom stereocenters. The minimum atomic E-state index is -0.487. The van der Waals surface area contributed by atoms with E-state index in [0.29, 0.717) is 25.6 Å². The molecule has 7 heteroatoms. The summed E-state index contributed by atoms with van der Waals surface area (Å²) in [6.45, 7) is 12.4. The molecule has 0 heterocycles. The van der Waals surface area contributed by atoms with Crippen LogP contribution in [0.2, 0.25) is 0 Å². The lowest BCUT2D eigenvalue weighted by atomic mass is 10.2. The van der Waals surface area contributed by atoms with Gasteiger partial charge < -0.3 is 21.1 Å². The third-order valence-electron chi connectivity index (χ3n) is 1.62. The van der Waals surface area contributed by atoms with Gasteiger partial charge in [0.2, 0.25) is 0 Å². The molecule has 0 aromatic carbocycles. The number of amides is 1. The fraction of sp³-hybridized carbons (Fsp3) is 0.667. The molecule has 6 nitrogen and oxygen atoms in total. The van der Waals surface area contributed by atoms with Crippen molar-refractivity contribution in [1.82, 2.24) is 10.6 Å². The standard InChI is InChI=1S/C12H24N4O2.HI/c1-9(2)8-16-10(13)14-6-7-15-11(17)18-12(3,4)5;/h1,6-8H2,2-5H3,(H,15,17)(H3,13,14,16);1H. The number of nitrogens with two attached hydrogens (primary N) is 1. The molecule has 0 aliphatic rings. The van der Waals surface area contributed by atoms with Crippen molar-refractivity contribution in [3.8, 4) is 0 Å². The molecule has 4 N–H and O–H groups in total. The Balaban J connectivity index is 0. The zero-order valence-corrected chi connectivity index (χ0v) is 14.4. The average molecular weight is 384 g/mol. The molecule has 0 aliphatic carbocycles. The summed E-state index contributed by atoms with van der Waals surface area (Å²) in [6, 6.07) is 0. The summed E-state index contributed by atoms with van der Waals surface area (Å²) in [6.07, 6.45) is -0.443. The summed E-state index contributed by atoms with van der Waals surface area (Å²) in [7, 11) is 0. The van der Waals surface area contributed by atoms with E-state index in [0.717, 1.165) is 5.57 Å². The highest BCUT2D eigenvalue weighted by Gasteiger charge is 2.15. The minimum Gasteiger partial charge on any atom is -0.444 e. The third-order valence-corrected chi connectivity index (χ3v) is 1.62. The average Bonchev–Trinajstić information content (AvgIpc) is 2.19. The van der Waals surface area contributed by atoms with Gasteiger partial charge in [-0.15, -0.1) is 24.0 Å². The molecule has 0 aromatic heterocycles. The summed E-state index contributed by atoms with van der Waals surface area (Å²) < 4.78 is 5.07. The highest BCUT2D eigenvalue weighted by Crippen LogP contribution is 2.05. The van der Waals surface area contributed by atoms with E-state index in [1.807, 2.05) is 27.7 Å². The Morgan fingerprint density at radius 3 is 2.32 bits per heavy atom. The number of nitrogens with one attached hydrogen (secondary N) is 2. The van der Waals surface area contributed by atoms with E-state index in [1.165, 1.54) is 0 Å². The lowest BCUT2D eigenvalue weighted by molar-refractivity contribution is 0.0529. The first kappa shape index (κ1) is 20.3.